The first kappa shape index (κ1) is 36.1. The van der Waals surface area contributed by atoms with Gasteiger partial charge < -0.3 is 9.64 Å². The second kappa shape index (κ2) is 19.2. The maximum atomic E-state index is 11.2. The highest BCUT2D eigenvalue weighted by Crippen LogP contribution is 2.32. The number of amides is 1. The Morgan fingerprint density at radius 3 is 1.89 bits per heavy atom. The number of ketones is 1. The molecule has 0 aromatic carbocycles. The molecule has 1 saturated heterocycles. The Labute approximate surface area is 275 Å². The molecule has 3 aliphatic heterocycles. The first-order valence-corrected chi connectivity index (χ1v) is 17.5. The van der Waals surface area contributed by atoms with E-state index in [0.29, 0.717) is 6.42 Å². The van der Waals surface area contributed by atoms with Gasteiger partial charge in [-0.05, 0) is 84.6 Å². The van der Waals surface area contributed by atoms with Crippen molar-refractivity contribution in [3.8, 4) is 0 Å². The molecular formula is C30H34F3IN5O5P. The zero-order valence-corrected chi connectivity index (χ0v) is 27.9. The molecule has 1 atom stereocenters. The molecule has 1 amide bonds. The highest BCUT2D eigenvalue weighted by atomic mass is 127. The highest BCUT2D eigenvalue weighted by Gasteiger charge is 2.37. The second-order valence-electron chi connectivity index (χ2n) is 9.49. The third-order valence-corrected chi connectivity index (χ3v) is 7.96. The van der Waals surface area contributed by atoms with E-state index in [-0.39, 0.29) is 23.1 Å². The molecule has 10 nitrogen and oxygen atoms in total. The lowest BCUT2D eigenvalue weighted by molar-refractivity contribution is -0.160. The van der Waals surface area contributed by atoms with Crippen LogP contribution in [0.5, 0.6) is 0 Å². The van der Waals surface area contributed by atoms with Crippen molar-refractivity contribution in [2.24, 2.45) is 9.98 Å². The van der Waals surface area contributed by atoms with E-state index in [4.69, 9.17) is 1.28 Å². The summed E-state index contributed by atoms with van der Waals surface area (Å²) in [6.07, 6.45) is 0.648. The number of ether oxygens (including phenoxy) is 1. The molecular weight excluding hydrogens is 725 g/mol. The van der Waals surface area contributed by atoms with E-state index >= 15 is 0 Å². The molecule has 0 bridgehead atoms. The van der Waals surface area contributed by atoms with Crippen molar-refractivity contribution in [2.45, 2.75) is 51.6 Å². The van der Waals surface area contributed by atoms with Crippen LogP contribution in [0.1, 0.15) is 77.8 Å². The molecule has 5 rings (SSSR count). The third kappa shape index (κ3) is 12.9. The number of pyridine rings is 2. The van der Waals surface area contributed by atoms with Gasteiger partial charge >= 0.3 is 12.1 Å². The quantitative estimate of drug-likeness (QED) is 0.149. The number of alkyl halides is 3. The van der Waals surface area contributed by atoms with Crippen LogP contribution in [0, 0.1) is 0 Å². The molecule has 242 valence electrons. The van der Waals surface area contributed by atoms with Gasteiger partial charge in [0.2, 0.25) is 5.91 Å². The fourth-order valence-electron chi connectivity index (χ4n) is 4.01. The summed E-state index contributed by atoms with van der Waals surface area (Å²) in [5.74, 6) is -0.506. The fourth-order valence-corrected chi connectivity index (χ4v) is 4.93. The van der Waals surface area contributed by atoms with Gasteiger partial charge in [-0.15, -0.1) is 0 Å². The number of aromatic nitrogens is 2. The molecule has 2 aromatic rings. The smallest absolute Gasteiger partial charge is 0.454 e. The number of hydrogen-bond donors (Lipinski definition) is 0. The average molecular weight is 761 g/mol. The molecule has 0 N–H and O–H groups in total. The van der Waals surface area contributed by atoms with Gasteiger partial charge in [-0.2, -0.15) is 13.2 Å². The number of carbonyl (C=O) groups is 4. The van der Waals surface area contributed by atoms with E-state index in [1.807, 2.05) is 0 Å². The van der Waals surface area contributed by atoms with Crippen molar-refractivity contribution >= 4 is 62.8 Å². The van der Waals surface area contributed by atoms with Crippen molar-refractivity contribution in [2.75, 3.05) is 26.7 Å². The summed E-state index contributed by atoms with van der Waals surface area (Å²) < 4.78 is 44.6. The van der Waals surface area contributed by atoms with Crippen LogP contribution in [-0.2, 0) is 14.3 Å². The van der Waals surface area contributed by atoms with Crippen molar-refractivity contribution in [1.82, 2.24) is 14.9 Å². The summed E-state index contributed by atoms with van der Waals surface area (Å²) in [6, 6.07) is 10.8. The van der Waals surface area contributed by atoms with Crippen molar-refractivity contribution in [1.29, 1.82) is 1.28 Å². The largest absolute Gasteiger partial charge is 0.464 e. The second-order valence-corrected chi connectivity index (χ2v) is 11.5. The number of nitrogens with zero attached hydrogens (tertiary/aromatic N) is 5. The summed E-state index contributed by atoms with van der Waals surface area (Å²) in [6.45, 7) is 7.67. The van der Waals surface area contributed by atoms with Crippen LogP contribution in [0.25, 0.3) is 0 Å². The van der Waals surface area contributed by atoms with Crippen LogP contribution in [0.15, 0.2) is 59.2 Å². The molecule has 0 spiro atoms. The number of aliphatic imine (C=N–C) groups is 2. The van der Waals surface area contributed by atoms with E-state index in [1.165, 1.54) is 44.4 Å². The van der Waals surface area contributed by atoms with E-state index in [2.05, 4.69) is 49.5 Å². The summed E-state index contributed by atoms with van der Waals surface area (Å²) in [5.41, 5.74) is 2.89. The van der Waals surface area contributed by atoms with Gasteiger partial charge in [0.05, 0.1) is 31.2 Å². The summed E-state index contributed by atoms with van der Waals surface area (Å²) >= 11 is 1.16. The molecule has 0 saturated carbocycles. The number of rotatable bonds is 6. The Bertz CT molecular complexity index is 1430. The van der Waals surface area contributed by atoms with Crippen LogP contribution in [-0.4, -0.2) is 83.7 Å². The van der Waals surface area contributed by atoms with Crippen LogP contribution < -0.4 is 0 Å². The van der Waals surface area contributed by atoms with E-state index in [9.17, 15) is 32.3 Å². The fraction of sp³-hybridized carbons (Fsp3) is 0.400. The van der Waals surface area contributed by atoms with Crippen LogP contribution in [0.4, 0.5) is 13.2 Å². The molecule has 3 aliphatic rings. The first-order chi connectivity index (χ1) is 21.8. The molecule has 2 aromatic heterocycles. The monoisotopic (exact) mass is 760 g/mol. The minimum absolute atomic E-state index is 0.148. The maximum Gasteiger partial charge on any atom is 0.454 e. The molecule has 1 fully saturated rings. The molecule has 45 heavy (non-hydrogen) atoms. The van der Waals surface area contributed by atoms with Gasteiger partial charge in [-0.3, -0.25) is 24.4 Å². The van der Waals surface area contributed by atoms with Crippen LogP contribution in [0.2, 0.25) is 0 Å². The van der Waals surface area contributed by atoms with Crippen LogP contribution in [0.3, 0.4) is 0 Å². The van der Waals surface area contributed by atoms with Gasteiger partial charge in [0, 0.05) is 39.1 Å². The number of halogens is 4. The lowest BCUT2D eigenvalue weighted by Crippen LogP contribution is -2.16. The number of methoxy groups -OCH3 is 1. The number of carbonyl (C=O) groups excluding carboxylic acids is 4. The van der Waals surface area contributed by atoms with Crippen molar-refractivity contribution in [3.05, 3.63) is 72.0 Å². The predicted molar refractivity (Wildman–Crippen MR) is 176 cm³/mol. The summed E-state index contributed by atoms with van der Waals surface area (Å²) in [7, 11) is 1.27. The van der Waals surface area contributed by atoms with Crippen LogP contribution >= 0.6 is 28.2 Å². The first-order valence-electron chi connectivity index (χ1n) is 14.3. The Morgan fingerprint density at radius 2 is 1.53 bits per heavy atom. The summed E-state index contributed by atoms with van der Waals surface area (Å²) in [4.78, 5) is 61.5. The topological polar surface area (TPSA) is 131 Å². The minimum atomic E-state index is -4.82. The third-order valence-electron chi connectivity index (χ3n) is 6.24. The van der Waals surface area contributed by atoms with Crippen molar-refractivity contribution in [3.63, 3.8) is 0 Å². The summed E-state index contributed by atoms with van der Waals surface area (Å²) in [5, 5.41) is 0. The van der Waals surface area contributed by atoms with E-state index < -0.39 is 23.8 Å². The highest BCUT2D eigenvalue weighted by molar-refractivity contribution is 14.2. The predicted octanol–water partition coefficient (Wildman–Crippen LogP) is 6.17. The molecule has 15 heteroatoms. The van der Waals surface area contributed by atoms with E-state index in [0.717, 1.165) is 72.3 Å². The van der Waals surface area contributed by atoms with Gasteiger partial charge in [-0.25, -0.2) is 14.8 Å². The molecule has 5 heterocycles. The van der Waals surface area contributed by atoms with Gasteiger partial charge in [0.1, 0.15) is 11.4 Å². The Hall–Kier alpha value is -3.39. The Kier molecular flexibility index (Phi) is 15.4. The number of Topliss-reactive ketones (excluding diaryl/α,β-unsaturated/α-hetero) is 1. The molecule has 0 radical (unpaired) electrons. The Morgan fingerprint density at radius 1 is 0.978 bits per heavy atom. The molecule has 1 unspecified atom stereocenters. The number of hydrogen-bond acceptors (Lipinski definition) is 9. The van der Waals surface area contributed by atoms with Gasteiger partial charge in [0.15, 0.2) is 5.78 Å². The zero-order chi connectivity index (χ0) is 34.3. The normalized spacial score (nSPS) is 16.3. The van der Waals surface area contributed by atoms with Crippen molar-refractivity contribution < 1.29 is 37.1 Å². The van der Waals surface area contributed by atoms with E-state index in [1.54, 1.807) is 23.2 Å². The van der Waals surface area contributed by atoms with Gasteiger partial charge in [0.25, 0.3) is 5.52 Å². The average Bonchev–Trinajstić information content (AvgIpc) is 3.85. The minimum Gasteiger partial charge on any atom is -0.464 e. The standard InChI is InChI=1S/C13H15N3.C9H9NO3.C6H9NO.C2HF3IOP/c1-4-12(10-6-2-8-14-10)16-13(5-1)11-7-3-9-15-11;1-6(11)7-4-3-5-8(10-7)9(12)13-2;1-2-7-5-3-4-6(7)8;3-2(4,5)1(7)8-6/h1,4-5H,2-3,6-9H2;3-5H,1-2H3;2H,1,3-5H2;8H/i;;;8D. The number of esters is 1. The lowest BCUT2D eigenvalue weighted by Gasteiger charge is -2.05. The molecule has 0 aliphatic carbocycles. The van der Waals surface area contributed by atoms with Gasteiger partial charge in [-0.1, -0.05) is 18.7 Å². The lowest BCUT2D eigenvalue weighted by atomic mass is 10.1. The Balaban J connectivity index is 0.000000223. The number of likely N-dealkylation sites (tertiary alicyclic amines) is 1. The maximum absolute atomic E-state index is 11.2. The zero-order valence-electron chi connectivity index (χ0n) is 25.8. The SMILES string of the molecule is C=CN1CCCC1=O.COC(=O)c1cccc(C(C)=O)n1.[2H]P(I)C(=O)C(F)(F)F.c1cc(C2=NCCC2)nc(C2=NCCC2)c1.